The molecule has 0 unspecified atom stereocenters. The predicted octanol–water partition coefficient (Wildman–Crippen LogP) is 1.72. The molecular weight excluding hydrogens is 672 g/mol. The van der Waals surface area contributed by atoms with E-state index in [0.29, 0.717) is 42.5 Å². The zero-order chi connectivity index (χ0) is 36.6. The molecule has 7 fully saturated rings. The van der Waals surface area contributed by atoms with E-state index in [2.05, 4.69) is 22.8 Å². The van der Waals surface area contributed by atoms with E-state index in [1.54, 1.807) is 12.3 Å². The highest BCUT2D eigenvalue weighted by Crippen LogP contribution is 2.80. The van der Waals surface area contributed by atoms with Crippen molar-refractivity contribution in [1.29, 1.82) is 0 Å². The number of aliphatic hydroxyl groups is 3. The molecule has 52 heavy (non-hydrogen) atoms. The Bertz CT molecular complexity index is 1690. The Morgan fingerprint density at radius 1 is 1.04 bits per heavy atom. The van der Waals surface area contributed by atoms with Crippen LogP contribution < -0.4 is 10.6 Å². The molecule has 2 saturated carbocycles. The van der Waals surface area contributed by atoms with E-state index in [-0.39, 0.29) is 42.5 Å². The summed E-state index contributed by atoms with van der Waals surface area (Å²) < 4.78 is 31.3. The van der Waals surface area contributed by atoms with E-state index in [1.807, 2.05) is 27.7 Å². The van der Waals surface area contributed by atoms with Gasteiger partial charge in [-0.05, 0) is 63.4 Å². The van der Waals surface area contributed by atoms with Crippen LogP contribution in [0, 0.1) is 45.8 Å². The fraction of sp³-hybridized carbons (Fsp3) is 0.769. The standard InChI is InChI=1S/C39H52N2O11/c1-35(2)30-29(45)31(46)37(4)26(38(30)17-49-28(44)14-27(38)51-35)9-11-36(3)32(50-34(47)33-39(36,37)52-33)21-10-12-48-25(21)13-22(24(43)16-42)19-5-7-20(8-6-19)23-15-40-18-41-23/h5,7,10,12,19-20,22-24,26-27,30-33,40-43,46H,6,8-9,11,13-18H2,1-4H3/t19-,20-,22-,23+,24+,26-,27-,30+,31+,32-,33+,36-,37-,38-,39+/m0/s1. The van der Waals surface area contributed by atoms with Crippen molar-refractivity contribution in [3.05, 3.63) is 35.8 Å². The van der Waals surface area contributed by atoms with Crippen molar-refractivity contribution >= 4 is 17.7 Å². The van der Waals surface area contributed by atoms with Crippen LogP contribution in [0.1, 0.15) is 77.2 Å². The molecule has 9 rings (SSSR count). The molecule has 5 N–H and O–H groups in total. The summed E-state index contributed by atoms with van der Waals surface area (Å²) in [5.41, 5.74) is -4.57. The Hall–Kier alpha value is -2.65. The number of carbonyl (C=O) groups excluding carboxylic acids is 3. The minimum absolute atomic E-state index is 0.000479. The number of rotatable bonds is 7. The summed E-state index contributed by atoms with van der Waals surface area (Å²) in [5.74, 6) is -1.81. The molecule has 2 spiro atoms. The molecule has 6 heterocycles. The molecule has 0 radical (unpaired) electrons. The Morgan fingerprint density at radius 2 is 1.85 bits per heavy atom. The second-order valence-electron chi connectivity index (χ2n) is 17.9. The van der Waals surface area contributed by atoms with Crippen molar-refractivity contribution in [2.24, 2.45) is 45.8 Å². The number of epoxide rings is 1. The summed E-state index contributed by atoms with van der Waals surface area (Å²) in [6, 6.07) is 2.17. The first kappa shape index (κ1) is 35.1. The summed E-state index contributed by atoms with van der Waals surface area (Å²) in [6.45, 7) is 8.89. The van der Waals surface area contributed by atoms with Crippen LogP contribution in [0.15, 0.2) is 28.9 Å². The van der Waals surface area contributed by atoms with Crippen LogP contribution in [-0.4, -0.2) is 101 Å². The van der Waals surface area contributed by atoms with Crippen molar-refractivity contribution in [3.63, 3.8) is 0 Å². The van der Waals surface area contributed by atoms with Crippen molar-refractivity contribution in [1.82, 2.24) is 10.6 Å². The van der Waals surface area contributed by atoms with Crippen LogP contribution in [-0.2, 0) is 39.8 Å². The van der Waals surface area contributed by atoms with Gasteiger partial charge in [0.1, 0.15) is 30.2 Å². The molecule has 5 saturated heterocycles. The van der Waals surface area contributed by atoms with Gasteiger partial charge in [0.15, 0.2) is 11.9 Å². The van der Waals surface area contributed by atoms with Crippen LogP contribution in [0.3, 0.4) is 0 Å². The average Bonchev–Trinajstić information content (AvgIpc) is 3.37. The molecule has 0 aromatic carbocycles. The minimum atomic E-state index is -1.46. The third kappa shape index (κ3) is 4.38. The number of hydrogen-bond acceptors (Lipinski definition) is 13. The summed E-state index contributed by atoms with van der Waals surface area (Å²) in [4.78, 5) is 41.1. The highest BCUT2D eigenvalue weighted by molar-refractivity contribution is 5.92. The van der Waals surface area contributed by atoms with Crippen molar-refractivity contribution < 1.29 is 53.1 Å². The highest BCUT2D eigenvalue weighted by Gasteiger charge is 2.90. The predicted molar refractivity (Wildman–Crippen MR) is 181 cm³/mol. The van der Waals surface area contributed by atoms with Crippen molar-refractivity contribution in [2.75, 3.05) is 26.4 Å². The van der Waals surface area contributed by atoms with Gasteiger partial charge in [-0.15, -0.1) is 0 Å². The molecule has 15 atom stereocenters. The maximum absolute atomic E-state index is 14.5. The van der Waals surface area contributed by atoms with Crippen LogP contribution >= 0.6 is 0 Å². The monoisotopic (exact) mass is 724 g/mol. The van der Waals surface area contributed by atoms with E-state index in [4.69, 9.17) is 23.4 Å². The van der Waals surface area contributed by atoms with Gasteiger partial charge in [0.2, 0.25) is 0 Å². The maximum Gasteiger partial charge on any atom is 0.339 e. The number of fused-ring (bicyclic) bond motifs is 1. The molecule has 8 aliphatic rings. The Morgan fingerprint density at radius 3 is 2.56 bits per heavy atom. The van der Waals surface area contributed by atoms with E-state index < -0.39 is 76.5 Å². The van der Waals surface area contributed by atoms with Gasteiger partial charge in [-0.3, -0.25) is 14.9 Å². The molecule has 13 nitrogen and oxygen atoms in total. The Balaban J connectivity index is 1.07. The van der Waals surface area contributed by atoms with Gasteiger partial charge < -0.3 is 44.0 Å². The summed E-state index contributed by atoms with van der Waals surface area (Å²) in [7, 11) is 0. The highest BCUT2D eigenvalue weighted by atomic mass is 16.7. The summed E-state index contributed by atoms with van der Waals surface area (Å²) >= 11 is 0. The third-order valence-corrected chi connectivity index (χ3v) is 15.4. The normalized spacial score (nSPS) is 48.4. The van der Waals surface area contributed by atoms with Crippen LogP contribution in [0.2, 0.25) is 0 Å². The topological polar surface area (TPSA) is 189 Å². The molecule has 5 aliphatic heterocycles. The lowest BCUT2D eigenvalue weighted by Crippen LogP contribution is -2.76. The SMILES string of the molecule is CC1(C)O[C@H]2CC(=O)OC[C@@]23[C@@H]1C(=O)[C@@H](O)[C@]1(C)[C@@H]3CC[C@@]2(C)[C@H](c3ccoc3C[C@H]([C@H](O)CO)[C@H]3C=C[C@H]([C@H]4CNCN4)CC3)OC(=O)[C@H]3O[C@@]312. The van der Waals surface area contributed by atoms with E-state index in [9.17, 15) is 29.7 Å². The van der Waals surface area contributed by atoms with Gasteiger partial charge in [0, 0.05) is 53.4 Å². The number of aliphatic hydroxyl groups excluding tert-OH is 3. The molecule has 1 aromatic rings. The molecule has 13 heteroatoms. The lowest BCUT2D eigenvalue weighted by Gasteiger charge is -2.66. The van der Waals surface area contributed by atoms with Gasteiger partial charge in [0.05, 0.1) is 43.0 Å². The number of carbonyl (C=O) groups is 3. The number of allylic oxidation sites excluding steroid dienone is 1. The summed E-state index contributed by atoms with van der Waals surface area (Å²) in [5, 5.41) is 40.4. The van der Waals surface area contributed by atoms with E-state index in [0.717, 1.165) is 26.1 Å². The first-order chi connectivity index (χ1) is 24.7. The van der Waals surface area contributed by atoms with Crippen molar-refractivity contribution in [2.45, 2.75) is 114 Å². The number of ether oxygens (including phenoxy) is 4. The summed E-state index contributed by atoms with van der Waals surface area (Å²) in [6.07, 6.45) is 4.29. The quantitative estimate of drug-likeness (QED) is 0.156. The van der Waals surface area contributed by atoms with Crippen LogP contribution in [0.4, 0.5) is 0 Å². The lowest BCUT2D eigenvalue weighted by molar-refractivity contribution is -0.252. The second-order valence-corrected chi connectivity index (χ2v) is 17.9. The molecule has 1 aromatic heterocycles. The molecule has 0 bridgehead atoms. The lowest BCUT2D eigenvalue weighted by atomic mass is 9.36. The number of cyclic esters (lactones) is 2. The van der Waals surface area contributed by atoms with E-state index in [1.165, 1.54) is 0 Å². The van der Waals surface area contributed by atoms with Crippen LogP contribution in [0.5, 0.6) is 0 Å². The maximum atomic E-state index is 14.5. The van der Waals surface area contributed by atoms with Gasteiger partial charge in [0.25, 0.3) is 0 Å². The number of ketones is 1. The fourth-order valence-corrected chi connectivity index (χ4v) is 13.1. The molecule has 284 valence electrons. The number of furan rings is 1. The van der Waals surface area contributed by atoms with E-state index >= 15 is 0 Å². The molecule has 0 amide bonds. The zero-order valence-electron chi connectivity index (χ0n) is 30.3. The number of Topliss-reactive ketones (excluding diaryl/α,β-unsaturated/α-hetero) is 1. The van der Waals surface area contributed by atoms with Crippen molar-refractivity contribution in [3.8, 4) is 0 Å². The van der Waals surface area contributed by atoms with Gasteiger partial charge in [-0.1, -0.05) is 26.0 Å². The number of hydrogen-bond donors (Lipinski definition) is 5. The van der Waals surface area contributed by atoms with Crippen LogP contribution in [0.25, 0.3) is 0 Å². The van der Waals surface area contributed by atoms with Gasteiger partial charge in [-0.2, -0.15) is 0 Å². The number of esters is 2. The largest absolute Gasteiger partial charge is 0.469 e. The zero-order valence-corrected chi connectivity index (χ0v) is 30.3. The third-order valence-electron chi connectivity index (χ3n) is 15.4. The fourth-order valence-electron chi connectivity index (χ4n) is 13.1. The first-order valence-electron chi connectivity index (χ1n) is 19.2. The molecular formula is C39H52N2O11. The average molecular weight is 725 g/mol. The molecule has 3 aliphatic carbocycles. The van der Waals surface area contributed by atoms with Gasteiger partial charge >= 0.3 is 11.9 Å². The van der Waals surface area contributed by atoms with Gasteiger partial charge in [-0.25, -0.2) is 4.79 Å². The first-order valence-corrected chi connectivity index (χ1v) is 19.2. The second kappa shape index (κ2) is 11.7. The minimum Gasteiger partial charge on any atom is -0.469 e. The number of nitrogens with one attached hydrogen (secondary N) is 2. The Kier molecular flexibility index (Phi) is 7.88. The Labute approximate surface area is 303 Å². The smallest absolute Gasteiger partial charge is 0.339 e.